The molecule has 0 saturated heterocycles. The molecule has 3 rings (SSSR count). The third-order valence-electron chi connectivity index (χ3n) is 5.80. The summed E-state index contributed by atoms with van der Waals surface area (Å²) >= 11 is 1.40. The summed E-state index contributed by atoms with van der Waals surface area (Å²) in [5.74, 6) is -2.77. The average molecular weight is 405 g/mol. The number of thiophene rings is 1. The van der Waals surface area contributed by atoms with Crippen molar-refractivity contribution in [3.8, 4) is 0 Å². The normalized spacial score (nSPS) is 22.2. The van der Waals surface area contributed by atoms with Crippen LogP contribution in [0.4, 0.5) is 5.00 Å². The van der Waals surface area contributed by atoms with Crippen molar-refractivity contribution in [2.24, 2.45) is 11.8 Å². The van der Waals surface area contributed by atoms with Gasteiger partial charge in [-0.05, 0) is 44.6 Å². The number of rotatable bonds is 6. The zero-order valence-corrected chi connectivity index (χ0v) is 17.2. The summed E-state index contributed by atoms with van der Waals surface area (Å²) in [6.07, 6.45) is 9.37. The lowest BCUT2D eigenvalue weighted by Crippen LogP contribution is -2.36. The molecule has 1 fully saturated rings. The van der Waals surface area contributed by atoms with Crippen LogP contribution in [0.25, 0.3) is 0 Å². The molecule has 1 saturated carbocycles. The Labute approximate surface area is 169 Å². The standard InChI is InChI=1S/C21H28N2O4S/c1-3-14-12(2)28-20(17(14)19(25)22-13-8-4-5-9-13)23-18(24)15-10-6-7-11-16(15)21(26)27/h6-7,13,15-16H,3-5,8-11H2,1-2H3,(H,22,25)(H,23,24)(H,26,27). The second-order valence-electron chi connectivity index (χ2n) is 7.63. The van der Waals surface area contributed by atoms with Gasteiger partial charge in [0.2, 0.25) is 5.91 Å². The zero-order chi connectivity index (χ0) is 20.3. The number of allylic oxidation sites excluding steroid dienone is 2. The minimum Gasteiger partial charge on any atom is -0.481 e. The molecule has 2 aliphatic carbocycles. The molecule has 2 amide bonds. The Bertz CT molecular complexity index is 793. The van der Waals surface area contributed by atoms with Crippen LogP contribution in [-0.2, 0) is 16.0 Å². The Hall–Kier alpha value is -2.15. The molecule has 7 heteroatoms. The van der Waals surface area contributed by atoms with Gasteiger partial charge in [0, 0.05) is 10.9 Å². The van der Waals surface area contributed by atoms with Gasteiger partial charge in [0.05, 0.1) is 17.4 Å². The van der Waals surface area contributed by atoms with Crippen LogP contribution in [0.1, 0.15) is 66.2 Å². The van der Waals surface area contributed by atoms with Crippen LogP contribution in [0.5, 0.6) is 0 Å². The highest BCUT2D eigenvalue weighted by Crippen LogP contribution is 2.35. The number of anilines is 1. The van der Waals surface area contributed by atoms with Gasteiger partial charge < -0.3 is 15.7 Å². The molecule has 0 radical (unpaired) electrons. The number of hydrogen-bond acceptors (Lipinski definition) is 4. The summed E-state index contributed by atoms with van der Waals surface area (Å²) in [7, 11) is 0. The van der Waals surface area contributed by atoms with Crippen molar-refractivity contribution in [1.29, 1.82) is 0 Å². The Morgan fingerprint density at radius 2 is 1.79 bits per heavy atom. The number of hydrogen-bond donors (Lipinski definition) is 3. The van der Waals surface area contributed by atoms with Crippen molar-refractivity contribution in [3.63, 3.8) is 0 Å². The van der Waals surface area contributed by atoms with E-state index < -0.39 is 17.8 Å². The topological polar surface area (TPSA) is 95.5 Å². The predicted octanol–water partition coefficient (Wildman–Crippen LogP) is 3.90. The first kappa shape index (κ1) is 20.6. The maximum absolute atomic E-state index is 13.0. The lowest BCUT2D eigenvalue weighted by molar-refractivity contribution is -0.146. The first-order valence-corrected chi connectivity index (χ1v) is 10.9. The van der Waals surface area contributed by atoms with Gasteiger partial charge in [-0.25, -0.2) is 0 Å². The fourth-order valence-electron chi connectivity index (χ4n) is 4.24. The van der Waals surface area contributed by atoms with Crippen LogP contribution in [0.3, 0.4) is 0 Å². The van der Waals surface area contributed by atoms with Crippen molar-refractivity contribution in [2.45, 2.75) is 64.8 Å². The lowest BCUT2D eigenvalue weighted by atomic mass is 9.82. The first-order valence-electron chi connectivity index (χ1n) is 10.0. The first-order chi connectivity index (χ1) is 13.4. The van der Waals surface area contributed by atoms with E-state index in [0.29, 0.717) is 29.8 Å². The quantitative estimate of drug-likeness (QED) is 0.627. The molecule has 2 aliphatic rings. The second kappa shape index (κ2) is 8.90. The van der Waals surface area contributed by atoms with E-state index in [9.17, 15) is 19.5 Å². The molecule has 6 nitrogen and oxygen atoms in total. The van der Waals surface area contributed by atoms with Crippen LogP contribution in [0, 0.1) is 18.8 Å². The van der Waals surface area contributed by atoms with Crippen molar-refractivity contribution in [1.82, 2.24) is 5.32 Å². The third kappa shape index (κ3) is 4.29. The highest BCUT2D eigenvalue weighted by atomic mass is 32.1. The molecular weight excluding hydrogens is 376 g/mol. The lowest BCUT2D eigenvalue weighted by Gasteiger charge is -2.24. The minimum atomic E-state index is -0.958. The minimum absolute atomic E-state index is 0.137. The number of amides is 2. The predicted molar refractivity (Wildman–Crippen MR) is 110 cm³/mol. The molecule has 1 aromatic rings. The SMILES string of the molecule is CCc1c(C)sc(NC(=O)C2CC=CCC2C(=O)O)c1C(=O)NC1CCCC1. The summed E-state index contributed by atoms with van der Waals surface area (Å²) in [5.41, 5.74) is 1.50. The van der Waals surface area contributed by atoms with Crippen LogP contribution in [-0.4, -0.2) is 28.9 Å². The Morgan fingerprint density at radius 1 is 1.14 bits per heavy atom. The number of aliphatic carboxylic acids is 1. The van der Waals surface area contributed by atoms with Crippen LogP contribution in [0.2, 0.25) is 0 Å². The van der Waals surface area contributed by atoms with Crippen LogP contribution in [0.15, 0.2) is 12.2 Å². The van der Waals surface area contributed by atoms with Crippen molar-refractivity contribution < 1.29 is 19.5 Å². The van der Waals surface area contributed by atoms with E-state index in [2.05, 4.69) is 10.6 Å². The van der Waals surface area contributed by atoms with Crippen LogP contribution >= 0.6 is 11.3 Å². The molecule has 0 bridgehead atoms. The highest BCUT2D eigenvalue weighted by Gasteiger charge is 2.35. The smallest absolute Gasteiger partial charge is 0.307 e. The van der Waals surface area contributed by atoms with Gasteiger partial charge in [-0.1, -0.05) is 31.9 Å². The number of carbonyl (C=O) groups is 3. The molecule has 1 aromatic heterocycles. The maximum atomic E-state index is 13.0. The van der Waals surface area contributed by atoms with E-state index in [-0.39, 0.29) is 17.9 Å². The van der Waals surface area contributed by atoms with E-state index in [1.54, 1.807) is 0 Å². The largest absolute Gasteiger partial charge is 0.481 e. The summed E-state index contributed by atoms with van der Waals surface area (Å²) in [6.45, 7) is 3.95. The monoisotopic (exact) mass is 404 g/mol. The number of nitrogens with one attached hydrogen (secondary N) is 2. The molecule has 0 aliphatic heterocycles. The fraction of sp³-hybridized carbons (Fsp3) is 0.571. The van der Waals surface area contributed by atoms with Gasteiger partial charge in [0.25, 0.3) is 5.91 Å². The van der Waals surface area contributed by atoms with Crippen molar-refractivity contribution in [2.75, 3.05) is 5.32 Å². The molecule has 0 spiro atoms. The van der Waals surface area contributed by atoms with Crippen molar-refractivity contribution in [3.05, 3.63) is 28.2 Å². The summed E-state index contributed by atoms with van der Waals surface area (Å²) < 4.78 is 0. The van der Waals surface area contributed by atoms with Crippen LogP contribution < -0.4 is 10.6 Å². The number of carbonyl (C=O) groups excluding carboxylic acids is 2. The molecule has 1 heterocycles. The Morgan fingerprint density at radius 3 is 2.39 bits per heavy atom. The van der Waals surface area contributed by atoms with E-state index in [1.807, 2.05) is 26.0 Å². The van der Waals surface area contributed by atoms with Gasteiger partial charge >= 0.3 is 5.97 Å². The van der Waals surface area contributed by atoms with Gasteiger partial charge in [-0.15, -0.1) is 11.3 Å². The zero-order valence-electron chi connectivity index (χ0n) is 16.4. The van der Waals surface area contributed by atoms with Gasteiger partial charge in [-0.3, -0.25) is 14.4 Å². The summed E-state index contributed by atoms with van der Waals surface area (Å²) in [6, 6.07) is 0.195. The molecule has 2 atom stereocenters. The average Bonchev–Trinajstić information content (AvgIpc) is 3.28. The van der Waals surface area contributed by atoms with Gasteiger partial charge in [0.1, 0.15) is 5.00 Å². The number of aryl methyl sites for hydroxylation is 1. The molecule has 2 unspecified atom stereocenters. The molecule has 3 N–H and O–H groups in total. The molecule has 28 heavy (non-hydrogen) atoms. The van der Waals surface area contributed by atoms with E-state index in [4.69, 9.17) is 0 Å². The molecular formula is C21H28N2O4S. The Kier molecular flexibility index (Phi) is 6.54. The highest BCUT2D eigenvalue weighted by molar-refractivity contribution is 7.16. The third-order valence-corrected chi connectivity index (χ3v) is 6.87. The molecule has 0 aromatic carbocycles. The second-order valence-corrected chi connectivity index (χ2v) is 8.86. The fourth-order valence-corrected chi connectivity index (χ4v) is 5.39. The van der Waals surface area contributed by atoms with Gasteiger partial charge in [-0.2, -0.15) is 0 Å². The van der Waals surface area contributed by atoms with Crippen molar-refractivity contribution >= 4 is 34.1 Å². The van der Waals surface area contributed by atoms with Gasteiger partial charge in [0.15, 0.2) is 0 Å². The maximum Gasteiger partial charge on any atom is 0.307 e. The molecule has 152 valence electrons. The van der Waals surface area contributed by atoms with E-state index >= 15 is 0 Å². The summed E-state index contributed by atoms with van der Waals surface area (Å²) in [5, 5.41) is 16.0. The number of carboxylic acids is 1. The number of carboxylic acid groups (broad SMARTS) is 1. The van der Waals surface area contributed by atoms with E-state index in [1.165, 1.54) is 11.3 Å². The Balaban J connectivity index is 1.82. The summed E-state index contributed by atoms with van der Waals surface area (Å²) in [4.78, 5) is 38.4. The van der Waals surface area contributed by atoms with E-state index in [0.717, 1.165) is 36.1 Å².